The van der Waals surface area contributed by atoms with Crippen LogP contribution in [0.3, 0.4) is 0 Å². The van der Waals surface area contributed by atoms with Crippen LogP contribution in [0.5, 0.6) is 0 Å². The van der Waals surface area contributed by atoms with Crippen LogP contribution in [0.1, 0.15) is 55.6 Å². The van der Waals surface area contributed by atoms with Gasteiger partial charge in [-0.1, -0.05) is 76.2 Å². The lowest BCUT2D eigenvalue weighted by Crippen LogP contribution is -2.49. The second-order valence-electron chi connectivity index (χ2n) is 8.44. The fraction of sp³-hybridized carbons (Fsp3) is 0.417. The maximum Gasteiger partial charge on any atom is 0.252 e. The van der Waals surface area contributed by atoms with Gasteiger partial charge in [0.05, 0.1) is 0 Å². The Kier molecular flexibility index (Phi) is 7.38. The van der Waals surface area contributed by atoms with Crippen molar-refractivity contribution in [3.8, 4) is 0 Å². The molecule has 2 aromatic rings. The Morgan fingerprint density at radius 2 is 1.57 bits per heavy atom. The molecule has 4 nitrogen and oxygen atoms in total. The molecular weight excluding hydrogens is 348 g/mol. The average molecular weight is 381 g/mol. The number of carbonyl (C=O) groups excluding carboxylic acids is 2. The number of carbonyl (C=O) groups is 2. The average Bonchev–Trinajstić information content (AvgIpc) is 2.66. The number of amides is 2. The van der Waals surface area contributed by atoms with Crippen LogP contribution in [0.15, 0.2) is 54.6 Å². The Labute approximate surface area is 168 Å². The Morgan fingerprint density at radius 1 is 0.964 bits per heavy atom. The molecule has 0 aliphatic carbocycles. The van der Waals surface area contributed by atoms with Crippen molar-refractivity contribution in [1.82, 2.24) is 10.6 Å². The number of rotatable bonds is 8. The van der Waals surface area contributed by atoms with Crippen molar-refractivity contribution >= 4 is 11.8 Å². The van der Waals surface area contributed by atoms with Gasteiger partial charge in [0.25, 0.3) is 5.91 Å². The molecule has 4 heteroatoms. The van der Waals surface area contributed by atoms with E-state index in [-0.39, 0.29) is 23.1 Å². The van der Waals surface area contributed by atoms with E-state index in [0.717, 1.165) is 5.56 Å². The lowest BCUT2D eigenvalue weighted by molar-refractivity contribution is -0.123. The van der Waals surface area contributed by atoms with Gasteiger partial charge in [0, 0.05) is 17.5 Å². The summed E-state index contributed by atoms with van der Waals surface area (Å²) < 4.78 is 0. The van der Waals surface area contributed by atoms with Gasteiger partial charge in [0.15, 0.2) is 0 Å². The van der Waals surface area contributed by atoms with E-state index in [9.17, 15) is 9.59 Å². The molecule has 0 aromatic heterocycles. The zero-order chi connectivity index (χ0) is 20.7. The number of hydrogen-bond donors (Lipinski definition) is 2. The standard InChI is InChI=1S/C24H32N2O2/c1-17(2)15-21(26-22(27)20-14-10-9-11-18(20)3)23(28)25-16-24(4,5)19-12-7-6-8-13-19/h6-14,17,21H,15-16H2,1-5H3,(H,25,28)(H,26,27). The third-order valence-electron chi connectivity index (χ3n) is 4.98. The van der Waals surface area contributed by atoms with E-state index in [4.69, 9.17) is 0 Å². The normalized spacial score (nSPS) is 12.5. The molecule has 28 heavy (non-hydrogen) atoms. The third kappa shape index (κ3) is 5.95. The second-order valence-corrected chi connectivity index (χ2v) is 8.44. The molecule has 1 atom stereocenters. The van der Waals surface area contributed by atoms with Crippen LogP contribution < -0.4 is 10.6 Å². The van der Waals surface area contributed by atoms with E-state index in [0.29, 0.717) is 18.5 Å². The molecule has 0 spiro atoms. The molecule has 2 amide bonds. The minimum Gasteiger partial charge on any atom is -0.353 e. The van der Waals surface area contributed by atoms with Crippen molar-refractivity contribution < 1.29 is 9.59 Å². The first kappa shape index (κ1) is 21.7. The lowest BCUT2D eigenvalue weighted by atomic mass is 9.84. The van der Waals surface area contributed by atoms with Crippen LogP contribution in [0, 0.1) is 12.8 Å². The van der Waals surface area contributed by atoms with Gasteiger partial charge in [0.1, 0.15) is 6.04 Å². The van der Waals surface area contributed by atoms with E-state index < -0.39 is 6.04 Å². The van der Waals surface area contributed by atoms with Gasteiger partial charge >= 0.3 is 0 Å². The van der Waals surface area contributed by atoms with Gasteiger partial charge in [0.2, 0.25) is 5.91 Å². The van der Waals surface area contributed by atoms with E-state index in [1.54, 1.807) is 6.07 Å². The first-order valence-corrected chi connectivity index (χ1v) is 9.90. The highest BCUT2D eigenvalue weighted by molar-refractivity contribution is 5.98. The van der Waals surface area contributed by atoms with Crippen LogP contribution in [0.2, 0.25) is 0 Å². The highest BCUT2D eigenvalue weighted by Gasteiger charge is 2.26. The third-order valence-corrected chi connectivity index (χ3v) is 4.98. The van der Waals surface area contributed by atoms with Crippen molar-refractivity contribution in [2.75, 3.05) is 6.54 Å². The summed E-state index contributed by atoms with van der Waals surface area (Å²) in [6.45, 7) is 10.7. The summed E-state index contributed by atoms with van der Waals surface area (Å²) in [7, 11) is 0. The Balaban J connectivity index is 2.06. The van der Waals surface area contributed by atoms with E-state index >= 15 is 0 Å². The fourth-order valence-corrected chi connectivity index (χ4v) is 3.19. The number of aryl methyl sites for hydroxylation is 1. The minimum atomic E-state index is -0.557. The highest BCUT2D eigenvalue weighted by Crippen LogP contribution is 2.22. The molecule has 2 rings (SSSR count). The Hall–Kier alpha value is -2.62. The van der Waals surface area contributed by atoms with Crippen LogP contribution in [0.4, 0.5) is 0 Å². The van der Waals surface area contributed by atoms with Gasteiger partial charge in [-0.25, -0.2) is 0 Å². The molecule has 0 fully saturated rings. The van der Waals surface area contributed by atoms with E-state index in [1.807, 2.05) is 57.2 Å². The first-order chi connectivity index (χ1) is 13.2. The van der Waals surface area contributed by atoms with Gasteiger partial charge in [-0.3, -0.25) is 9.59 Å². The van der Waals surface area contributed by atoms with Gasteiger partial charge in [-0.15, -0.1) is 0 Å². The molecule has 1 unspecified atom stereocenters. The molecule has 0 aliphatic rings. The van der Waals surface area contributed by atoms with Crippen LogP contribution >= 0.6 is 0 Å². The van der Waals surface area contributed by atoms with Gasteiger partial charge < -0.3 is 10.6 Å². The summed E-state index contributed by atoms with van der Waals surface area (Å²) in [5.41, 5.74) is 2.47. The predicted octanol–water partition coefficient (Wildman–Crippen LogP) is 4.23. The molecule has 2 aromatic carbocycles. The Bertz CT molecular complexity index is 797. The van der Waals surface area contributed by atoms with E-state index in [1.165, 1.54) is 5.56 Å². The van der Waals surface area contributed by atoms with Crippen molar-refractivity contribution in [2.45, 2.75) is 52.5 Å². The maximum absolute atomic E-state index is 12.9. The van der Waals surface area contributed by atoms with Crippen LogP contribution in [-0.4, -0.2) is 24.4 Å². The summed E-state index contributed by atoms with van der Waals surface area (Å²) in [6.07, 6.45) is 0.592. The summed E-state index contributed by atoms with van der Waals surface area (Å²) >= 11 is 0. The minimum absolute atomic E-state index is 0.139. The number of nitrogens with one attached hydrogen (secondary N) is 2. The molecule has 0 saturated carbocycles. The van der Waals surface area contributed by atoms with Crippen molar-refractivity contribution in [1.29, 1.82) is 0 Å². The summed E-state index contributed by atoms with van der Waals surface area (Å²) in [5, 5.41) is 5.97. The van der Waals surface area contributed by atoms with Crippen molar-refractivity contribution in [2.24, 2.45) is 5.92 Å². The number of benzene rings is 2. The number of hydrogen-bond acceptors (Lipinski definition) is 2. The molecule has 2 N–H and O–H groups in total. The lowest BCUT2D eigenvalue weighted by Gasteiger charge is -2.27. The SMILES string of the molecule is Cc1ccccc1C(=O)NC(CC(C)C)C(=O)NCC(C)(C)c1ccccc1. The monoisotopic (exact) mass is 380 g/mol. The molecular formula is C24H32N2O2. The fourth-order valence-electron chi connectivity index (χ4n) is 3.19. The molecule has 0 radical (unpaired) electrons. The van der Waals surface area contributed by atoms with Gasteiger partial charge in [-0.05, 0) is 36.5 Å². The second kappa shape index (κ2) is 9.54. The zero-order valence-electron chi connectivity index (χ0n) is 17.6. The Morgan fingerprint density at radius 3 is 2.18 bits per heavy atom. The molecule has 0 bridgehead atoms. The van der Waals surface area contributed by atoms with E-state index in [2.05, 4.69) is 36.6 Å². The van der Waals surface area contributed by atoms with Gasteiger partial charge in [-0.2, -0.15) is 0 Å². The van der Waals surface area contributed by atoms with Crippen molar-refractivity contribution in [3.63, 3.8) is 0 Å². The molecule has 0 aliphatic heterocycles. The first-order valence-electron chi connectivity index (χ1n) is 9.90. The summed E-state index contributed by atoms with van der Waals surface area (Å²) in [6, 6.07) is 17.0. The summed E-state index contributed by atoms with van der Waals surface area (Å²) in [5.74, 6) is -0.0593. The zero-order valence-corrected chi connectivity index (χ0v) is 17.6. The van der Waals surface area contributed by atoms with Crippen LogP contribution in [0.25, 0.3) is 0 Å². The molecule has 0 heterocycles. The molecule has 0 saturated heterocycles. The summed E-state index contributed by atoms with van der Waals surface area (Å²) in [4.78, 5) is 25.6. The maximum atomic E-state index is 12.9. The highest BCUT2D eigenvalue weighted by atomic mass is 16.2. The smallest absolute Gasteiger partial charge is 0.252 e. The quantitative estimate of drug-likeness (QED) is 0.720. The topological polar surface area (TPSA) is 58.2 Å². The predicted molar refractivity (Wildman–Crippen MR) is 114 cm³/mol. The van der Waals surface area contributed by atoms with Crippen LogP contribution in [-0.2, 0) is 10.2 Å². The van der Waals surface area contributed by atoms with Crippen molar-refractivity contribution in [3.05, 3.63) is 71.3 Å². The molecule has 150 valence electrons. The largest absolute Gasteiger partial charge is 0.353 e.